The molecule has 0 amide bonds. The van der Waals surface area contributed by atoms with Gasteiger partial charge in [0.05, 0.1) is 16.2 Å². The number of aliphatic hydroxyl groups is 1. The first-order chi connectivity index (χ1) is 10.8. The van der Waals surface area contributed by atoms with Gasteiger partial charge < -0.3 is 5.11 Å². The van der Waals surface area contributed by atoms with Gasteiger partial charge in [0.2, 0.25) is 0 Å². The number of rotatable bonds is 7. The number of halogens is 1. The van der Waals surface area contributed by atoms with Gasteiger partial charge in [-0.2, -0.15) is 0 Å². The van der Waals surface area contributed by atoms with Gasteiger partial charge in [-0.25, -0.2) is 17.8 Å². The molecule has 0 radical (unpaired) electrons. The van der Waals surface area contributed by atoms with Crippen LogP contribution in [0.25, 0.3) is 0 Å². The number of hydrogen-bond acceptors (Lipinski definition) is 5. The highest BCUT2D eigenvalue weighted by Gasteiger charge is 2.24. The molecule has 0 saturated carbocycles. The minimum absolute atomic E-state index is 0.0331. The van der Waals surface area contributed by atoms with Gasteiger partial charge in [0.25, 0.3) is 10.0 Å². The number of anilines is 1. The molecule has 8 heteroatoms. The summed E-state index contributed by atoms with van der Waals surface area (Å²) >= 11 is 1.15. The predicted octanol–water partition coefficient (Wildman–Crippen LogP) is 3.18. The van der Waals surface area contributed by atoms with Crippen LogP contribution >= 0.6 is 11.3 Å². The van der Waals surface area contributed by atoms with Crippen molar-refractivity contribution in [3.8, 4) is 0 Å². The van der Waals surface area contributed by atoms with Gasteiger partial charge in [-0.3, -0.25) is 4.72 Å². The summed E-state index contributed by atoms with van der Waals surface area (Å²) in [5, 5.41) is 12.3. The lowest BCUT2D eigenvalue weighted by atomic mass is 9.92. The summed E-state index contributed by atoms with van der Waals surface area (Å²) in [6.07, 6.45) is 1.56. The molecule has 0 spiro atoms. The van der Waals surface area contributed by atoms with E-state index in [1.54, 1.807) is 5.38 Å². The summed E-state index contributed by atoms with van der Waals surface area (Å²) in [6.45, 7) is 3.79. The molecule has 0 fully saturated rings. The van der Waals surface area contributed by atoms with Crippen molar-refractivity contribution in [3.05, 3.63) is 41.2 Å². The summed E-state index contributed by atoms with van der Waals surface area (Å²) in [6, 6.07) is 4.56. The maximum absolute atomic E-state index is 12.9. The molecule has 1 heterocycles. The number of hydrogen-bond donors (Lipinski definition) is 2. The van der Waals surface area contributed by atoms with Gasteiger partial charge in [-0.05, 0) is 37.1 Å². The topological polar surface area (TPSA) is 79.3 Å². The average Bonchev–Trinajstić information content (AvgIpc) is 2.93. The van der Waals surface area contributed by atoms with E-state index >= 15 is 0 Å². The van der Waals surface area contributed by atoms with E-state index in [4.69, 9.17) is 0 Å². The van der Waals surface area contributed by atoms with E-state index in [9.17, 15) is 17.9 Å². The zero-order valence-electron chi connectivity index (χ0n) is 12.9. The summed E-state index contributed by atoms with van der Waals surface area (Å²) in [5.74, 6) is -0.501. The molecule has 0 aliphatic heterocycles. The lowest BCUT2D eigenvalue weighted by molar-refractivity contribution is 0.0319. The van der Waals surface area contributed by atoms with E-state index < -0.39 is 21.4 Å². The predicted molar refractivity (Wildman–Crippen MR) is 88.6 cm³/mol. The second kappa shape index (κ2) is 6.94. The number of nitrogens with one attached hydrogen (secondary N) is 1. The highest BCUT2D eigenvalue weighted by Crippen LogP contribution is 2.25. The van der Waals surface area contributed by atoms with E-state index in [1.165, 1.54) is 12.1 Å². The number of nitrogens with zero attached hydrogens (tertiary/aromatic N) is 1. The lowest BCUT2D eigenvalue weighted by Gasteiger charge is -2.23. The number of benzene rings is 1. The van der Waals surface area contributed by atoms with Crippen LogP contribution in [0.1, 0.15) is 32.4 Å². The molecule has 5 nitrogen and oxygen atoms in total. The SMILES string of the molecule is CCC(O)(CC)Cc1csc(NS(=O)(=O)c2ccc(F)cc2)n1. The van der Waals surface area contributed by atoms with Crippen LogP contribution in [0.3, 0.4) is 0 Å². The van der Waals surface area contributed by atoms with Gasteiger partial charge in [0.1, 0.15) is 5.82 Å². The standard InChI is InChI=1S/C15H19FN2O3S2/c1-3-15(19,4-2)9-12-10-22-14(17-12)18-23(20,21)13-7-5-11(16)6-8-13/h5-8,10,19H,3-4,9H2,1-2H3,(H,17,18). The van der Waals surface area contributed by atoms with Crippen molar-refractivity contribution < 1.29 is 17.9 Å². The van der Waals surface area contributed by atoms with Crippen LogP contribution in [-0.4, -0.2) is 24.1 Å². The highest BCUT2D eigenvalue weighted by molar-refractivity contribution is 7.93. The van der Waals surface area contributed by atoms with Crippen LogP contribution in [0.4, 0.5) is 9.52 Å². The monoisotopic (exact) mass is 358 g/mol. The van der Waals surface area contributed by atoms with Crippen LogP contribution in [0, 0.1) is 5.82 Å². The first kappa shape index (κ1) is 17.8. The molecule has 0 unspecified atom stereocenters. The fraction of sp³-hybridized carbons (Fsp3) is 0.400. The third-order valence-electron chi connectivity index (χ3n) is 3.72. The minimum atomic E-state index is -3.80. The van der Waals surface area contributed by atoms with Gasteiger partial charge in [0, 0.05) is 11.8 Å². The van der Waals surface area contributed by atoms with Crippen LogP contribution < -0.4 is 4.72 Å². The Hall–Kier alpha value is -1.51. The van der Waals surface area contributed by atoms with Crippen LogP contribution in [-0.2, 0) is 16.4 Å². The molecule has 0 aliphatic rings. The largest absolute Gasteiger partial charge is 0.390 e. The molecule has 23 heavy (non-hydrogen) atoms. The molecule has 0 bridgehead atoms. The highest BCUT2D eigenvalue weighted by atomic mass is 32.2. The molecule has 2 N–H and O–H groups in total. The second-order valence-electron chi connectivity index (χ2n) is 5.31. The van der Waals surface area contributed by atoms with Gasteiger partial charge in [-0.1, -0.05) is 13.8 Å². The quantitative estimate of drug-likeness (QED) is 0.797. The fourth-order valence-electron chi connectivity index (χ4n) is 2.06. The van der Waals surface area contributed by atoms with Gasteiger partial charge in [-0.15, -0.1) is 11.3 Å². The zero-order chi connectivity index (χ0) is 17.1. The van der Waals surface area contributed by atoms with Crippen molar-refractivity contribution in [1.82, 2.24) is 4.98 Å². The number of sulfonamides is 1. The number of thiazole rings is 1. The lowest BCUT2D eigenvalue weighted by Crippen LogP contribution is -2.29. The van der Waals surface area contributed by atoms with Gasteiger partial charge in [0.15, 0.2) is 5.13 Å². The summed E-state index contributed by atoms with van der Waals surface area (Å²) < 4.78 is 39.7. The first-order valence-corrected chi connectivity index (χ1v) is 9.59. The van der Waals surface area contributed by atoms with Crippen molar-refractivity contribution in [3.63, 3.8) is 0 Å². The summed E-state index contributed by atoms with van der Waals surface area (Å²) in [7, 11) is -3.80. The molecule has 2 rings (SSSR count). The molecule has 1 aromatic heterocycles. The molecule has 0 aliphatic carbocycles. The Bertz CT molecular complexity index is 753. The first-order valence-electron chi connectivity index (χ1n) is 7.23. The van der Waals surface area contributed by atoms with Crippen molar-refractivity contribution >= 4 is 26.5 Å². The maximum atomic E-state index is 12.9. The van der Waals surface area contributed by atoms with E-state index in [0.717, 1.165) is 23.5 Å². The van der Waals surface area contributed by atoms with Crippen LogP contribution in [0.15, 0.2) is 34.5 Å². The summed E-state index contributed by atoms with van der Waals surface area (Å²) in [5.41, 5.74) is -0.195. The summed E-state index contributed by atoms with van der Waals surface area (Å²) in [4.78, 5) is 4.18. The molecule has 0 atom stereocenters. The molecule has 126 valence electrons. The van der Waals surface area contributed by atoms with Crippen molar-refractivity contribution in [1.29, 1.82) is 0 Å². The Labute approximate surface area is 139 Å². The van der Waals surface area contributed by atoms with E-state index in [-0.39, 0.29) is 10.0 Å². The number of aromatic nitrogens is 1. The van der Waals surface area contributed by atoms with E-state index in [2.05, 4.69) is 9.71 Å². The molecule has 2 aromatic rings. The van der Waals surface area contributed by atoms with E-state index in [1.807, 2.05) is 13.8 Å². The Balaban J connectivity index is 2.14. The Morgan fingerprint density at radius 2 is 1.87 bits per heavy atom. The van der Waals surface area contributed by atoms with Crippen LogP contribution in [0.5, 0.6) is 0 Å². The zero-order valence-corrected chi connectivity index (χ0v) is 14.5. The molecule has 1 aromatic carbocycles. The molecular formula is C15H19FN2O3S2. The van der Waals surface area contributed by atoms with Crippen molar-refractivity contribution in [2.24, 2.45) is 0 Å². The minimum Gasteiger partial charge on any atom is -0.390 e. The maximum Gasteiger partial charge on any atom is 0.263 e. The van der Waals surface area contributed by atoms with E-state index in [0.29, 0.717) is 25.0 Å². The van der Waals surface area contributed by atoms with Crippen molar-refractivity contribution in [2.75, 3.05) is 4.72 Å². The Morgan fingerprint density at radius 3 is 2.43 bits per heavy atom. The molecule has 0 saturated heterocycles. The van der Waals surface area contributed by atoms with Crippen molar-refractivity contribution in [2.45, 2.75) is 43.6 Å². The smallest absolute Gasteiger partial charge is 0.263 e. The Morgan fingerprint density at radius 1 is 1.26 bits per heavy atom. The molecular weight excluding hydrogens is 339 g/mol. The third-order valence-corrected chi connectivity index (χ3v) is 6.01. The normalized spacial score (nSPS) is 12.3. The Kier molecular flexibility index (Phi) is 5.38. The van der Waals surface area contributed by atoms with Crippen LogP contribution in [0.2, 0.25) is 0 Å². The fourth-order valence-corrected chi connectivity index (χ4v) is 4.02. The van der Waals surface area contributed by atoms with Gasteiger partial charge >= 0.3 is 0 Å². The average molecular weight is 358 g/mol. The second-order valence-corrected chi connectivity index (χ2v) is 7.85. The third kappa shape index (κ3) is 4.49.